The lowest BCUT2D eigenvalue weighted by Gasteiger charge is -2.29. The number of aromatic nitrogens is 2. The van der Waals surface area contributed by atoms with Crippen molar-refractivity contribution in [1.29, 1.82) is 0 Å². The summed E-state index contributed by atoms with van der Waals surface area (Å²) in [4.78, 5) is 18.4. The zero-order valence-electron chi connectivity index (χ0n) is 13.1. The molecule has 0 aliphatic carbocycles. The molecule has 0 unspecified atom stereocenters. The Hall–Kier alpha value is -2.68. The van der Waals surface area contributed by atoms with Gasteiger partial charge < -0.3 is 4.90 Å². The zero-order chi connectivity index (χ0) is 17.1. The van der Waals surface area contributed by atoms with E-state index in [4.69, 9.17) is 6.42 Å². The van der Waals surface area contributed by atoms with Crippen LogP contribution in [0, 0.1) is 24.0 Å². The summed E-state index contributed by atoms with van der Waals surface area (Å²) in [5, 5.41) is 0. The predicted molar refractivity (Wildman–Crippen MR) is 88.0 cm³/mol. The molecule has 2 heterocycles. The molecule has 0 atom stereocenters. The lowest BCUT2D eigenvalue weighted by Crippen LogP contribution is -2.37. The minimum atomic E-state index is -0.936. The van der Waals surface area contributed by atoms with Crippen LogP contribution in [0.5, 0.6) is 0 Å². The second-order valence-corrected chi connectivity index (χ2v) is 5.79. The van der Waals surface area contributed by atoms with E-state index in [1.807, 2.05) is 4.90 Å². The number of rotatable bonds is 3. The first-order valence-electron chi connectivity index (χ1n) is 7.85. The van der Waals surface area contributed by atoms with Crippen LogP contribution in [0.25, 0.3) is 0 Å². The van der Waals surface area contributed by atoms with Gasteiger partial charge in [-0.15, -0.1) is 6.42 Å². The van der Waals surface area contributed by atoms with Crippen molar-refractivity contribution in [1.82, 2.24) is 9.55 Å². The highest BCUT2D eigenvalue weighted by atomic mass is 19.1. The third kappa shape index (κ3) is 3.16. The van der Waals surface area contributed by atoms with Crippen LogP contribution in [0.3, 0.4) is 0 Å². The Labute approximate surface area is 138 Å². The van der Waals surface area contributed by atoms with Gasteiger partial charge in [0.05, 0.1) is 12.7 Å². The average Bonchev–Trinajstić information content (AvgIpc) is 2.60. The summed E-state index contributed by atoms with van der Waals surface area (Å²) in [6.07, 6.45) is 9.48. The standard InChI is InChI=1S/C18H17F2N3O/c1-2-13-6-7-15(19)10-14(13)12-23-17(24)16(20)11-21-18(23)22-8-4-3-5-9-22/h1,6-7,10-11H,3-5,8-9,12H2. The van der Waals surface area contributed by atoms with Crippen molar-refractivity contribution in [2.45, 2.75) is 25.8 Å². The first-order valence-corrected chi connectivity index (χ1v) is 7.85. The van der Waals surface area contributed by atoms with Gasteiger partial charge in [0.1, 0.15) is 5.82 Å². The van der Waals surface area contributed by atoms with E-state index < -0.39 is 17.2 Å². The second kappa shape index (κ2) is 6.83. The van der Waals surface area contributed by atoms with Crippen LogP contribution in [0.2, 0.25) is 0 Å². The van der Waals surface area contributed by atoms with Gasteiger partial charge in [-0.2, -0.15) is 4.39 Å². The molecule has 4 nitrogen and oxygen atoms in total. The van der Waals surface area contributed by atoms with Gasteiger partial charge in [0, 0.05) is 18.7 Å². The van der Waals surface area contributed by atoms with Crippen LogP contribution in [0.1, 0.15) is 30.4 Å². The number of nitrogens with zero attached hydrogens (tertiary/aromatic N) is 3. The molecular weight excluding hydrogens is 312 g/mol. The number of hydrogen-bond acceptors (Lipinski definition) is 3. The molecule has 1 aliphatic heterocycles. The van der Waals surface area contributed by atoms with E-state index in [0.29, 0.717) is 17.1 Å². The Morgan fingerprint density at radius 1 is 1.21 bits per heavy atom. The smallest absolute Gasteiger partial charge is 0.291 e. The largest absolute Gasteiger partial charge is 0.342 e. The Morgan fingerprint density at radius 2 is 1.96 bits per heavy atom. The molecule has 1 aliphatic rings. The molecule has 0 amide bonds. The van der Waals surface area contributed by atoms with Gasteiger partial charge in [-0.25, -0.2) is 9.37 Å². The van der Waals surface area contributed by atoms with Crippen LogP contribution >= 0.6 is 0 Å². The number of benzene rings is 1. The van der Waals surface area contributed by atoms with E-state index >= 15 is 0 Å². The van der Waals surface area contributed by atoms with Gasteiger partial charge in [-0.1, -0.05) is 5.92 Å². The summed E-state index contributed by atoms with van der Waals surface area (Å²) in [6, 6.07) is 4.01. The molecular formula is C18H17F2N3O. The van der Waals surface area contributed by atoms with E-state index in [9.17, 15) is 13.6 Å². The number of piperidine rings is 1. The highest BCUT2D eigenvalue weighted by molar-refractivity contribution is 5.41. The fourth-order valence-electron chi connectivity index (χ4n) is 2.95. The summed E-state index contributed by atoms with van der Waals surface area (Å²) >= 11 is 0. The van der Waals surface area contributed by atoms with Crippen LogP contribution in [-0.2, 0) is 6.54 Å². The van der Waals surface area contributed by atoms with E-state index in [-0.39, 0.29) is 6.54 Å². The fourth-order valence-corrected chi connectivity index (χ4v) is 2.95. The van der Waals surface area contributed by atoms with Gasteiger partial charge in [0.2, 0.25) is 11.8 Å². The molecule has 24 heavy (non-hydrogen) atoms. The third-order valence-corrected chi connectivity index (χ3v) is 4.17. The van der Waals surface area contributed by atoms with Crippen molar-refractivity contribution >= 4 is 5.95 Å². The molecule has 124 valence electrons. The molecule has 1 aromatic carbocycles. The molecule has 2 aromatic rings. The van der Waals surface area contributed by atoms with E-state index in [1.54, 1.807) is 0 Å². The molecule has 1 aromatic heterocycles. The molecule has 0 radical (unpaired) electrons. The number of terminal acetylenes is 1. The van der Waals surface area contributed by atoms with Crippen molar-refractivity contribution in [3.63, 3.8) is 0 Å². The maximum atomic E-state index is 13.8. The van der Waals surface area contributed by atoms with Gasteiger partial charge in [-0.05, 0) is 43.0 Å². The highest BCUT2D eigenvalue weighted by Crippen LogP contribution is 2.19. The molecule has 3 rings (SSSR count). The first-order chi connectivity index (χ1) is 11.6. The van der Waals surface area contributed by atoms with Crippen LogP contribution in [-0.4, -0.2) is 22.6 Å². The Balaban J connectivity index is 2.07. The Morgan fingerprint density at radius 3 is 2.67 bits per heavy atom. The summed E-state index contributed by atoms with van der Waals surface area (Å²) < 4.78 is 28.6. The van der Waals surface area contributed by atoms with Crippen molar-refractivity contribution in [2.75, 3.05) is 18.0 Å². The number of anilines is 1. The molecule has 1 fully saturated rings. The summed E-state index contributed by atoms with van der Waals surface area (Å²) in [7, 11) is 0. The average molecular weight is 329 g/mol. The lowest BCUT2D eigenvalue weighted by molar-refractivity contribution is 0.528. The van der Waals surface area contributed by atoms with Crippen molar-refractivity contribution in [3.05, 3.63) is 57.5 Å². The maximum Gasteiger partial charge on any atom is 0.291 e. The highest BCUT2D eigenvalue weighted by Gasteiger charge is 2.19. The van der Waals surface area contributed by atoms with Gasteiger partial charge in [0.15, 0.2) is 0 Å². The minimum absolute atomic E-state index is 0.0211. The lowest BCUT2D eigenvalue weighted by atomic mass is 10.1. The predicted octanol–water partition coefficient (Wildman–Crippen LogP) is 2.54. The molecule has 0 spiro atoms. The first kappa shape index (κ1) is 16.2. The number of halogens is 2. The fraction of sp³-hybridized carbons (Fsp3) is 0.333. The third-order valence-electron chi connectivity index (χ3n) is 4.17. The van der Waals surface area contributed by atoms with Crippen LogP contribution in [0.15, 0.2) is 29.2 Å². The van der Waals surface area contributed by atoms with Crippen molar-refractivity contribution in [3.8, 4) is 12.3 Å². The molecule has 6 heteroatoms. The van der Waals surface area contributed by atoms with Crippen molar-refractivity contribution < 1.29 is 8.78 Å². The minimum Gasteiger partial charge on any atom is -0.342 e. The van der Waals surface area contributed by atoms with Gasteiger partial charge >= 0.3 is 0 Å². The quantitative estimate of drug-likeness (QED) is 0.812. The van der Waals surface area contributed by atoms with E-state index in [0.717, 1.165) is 38.5 Å². The topological polar surface area (TPSA) is 38.1 Å². The second-order valence-electron chi connectivity index (χ2n) is 5.79. The number of hydrogen-bond donors (Lipinski definition) is 0. The summed E-state index contributed by atoms with van der Waals surface area (Å²) in [5.41, 5.74) is 0.139. The normalized spacial score (nSPS) is 14.5. The van der Waals surface area contributed by atoms with E-state index in [1.165, 1.54) is 22.8 Å². The summed E-state index contributed by atoms with van der Waals surface area (Å²) in [6.45, 7) is 1.49. The molecule has 0 saturated carbocycles. The SMILES string of the molecule is C#Cc1ccc(F)cc1Cn1c(N2CCCCC2)ncc(F)c1=O. The summed E-state index contributed by atoms with van der Waals surface area (Å²) in [5.74, 6) is 1.47. The molecule has 0 bridgehead atoms. The molecule has 1 saturated heterocycles. The van der Waals surface area contributed by atoms with Gasteiger partial charge in [-0.3, -0.25) is 9.36 Å². The van der Waals surface area contributed by atoms with Crippen molar-refractivity contribution in [2.24, 2.45) is 0 Å². The Bertz CT molecular complexity index is 848. The molecule has 0 N–H and O–H groups in total. The van der Waals surface area contributed by atoms with E-state index in [2.05, 4.69) is 10.9 Å². The van der Waals surface area contributed by atoms with Gasteiger partial charge in [0.25, 0.3) is 5.56 Å². The van der Waals surface area contributed by atoms with Crippen LogP contribution in [0.4, 0.5) is 14.7 Å². The maximum absolute atomic E-state index is 13.8. The monoisotopic (exact) mass is 329 g/mol. The van der Waals surface area contributed by atoms with Crippen LogP contribution < -0.4 is 10.5 Å². The zero-order valence-corrected chi connectivity index (χ0v) is 13.1. The Kier molecular flexibility index (Phi) is 4.61.